The van der Waals surface area contributed by atoms with Gasteiger partial charge in [-0.15, -0.1) is 0 Å². The molecule has 0 aliphatic carbocycles. The second kappa shape index (κ2) is 7.20. The predicted molar refractivity (Wildman–Crippen MR) is 69.6 cm³/mol. The van der Waals surface area contributed by atoms with Crippen LogP contribution in [0.15, 0.2) is 18.2 Å². The third kappa shape index (κ3) is 4.82. The van der Waals surface area contributed by atoms with Gasteiger partial charge >= 0.3 is 11.7 Å². The van der Waals surface area contributed by atoms with E-state index in [2.05, 4.69) is 5.32 Å². The lowest BCUT2D eigenvalue weighted by Gasteiger charge is -2.09. The van der Waals surface area contributed by atoms with Crippen molar-refractivity contribution < 1.29 is 19.6 Å². The number of carbonyl (C=O) groups is 1. The number of hydrogen-bond acceptors (Lipinski definition) is 5. The summed E-state index contributed by atoms with van der Waals surface area (Å²) in [7, 11) is 0. The van der Waals surface area contributed by atoms with E-state index in [9.17, 15) is 14.9 Å². The standard InChI is InChI=1S/C12H16N2O5/c1-2-7-19-11-8-9(13-6-5-12(15)16)3-4-10(11)14(17)18/h3-4,8,13H,2,5-7H2,1H3,(H,15,16). The molecule has 0 fully saturated rings. The number of nitrogens with one attached hydrogen (secondary N) is 1. The van der Waals surface area contributed by atoms with Crippen LogP contribution in [0.4, 0.5) is 11.4 Å². The summed E-state index contributed by atoms with van der Waals surface area (Å²) >= 11 is 0. The Kier molecular flexibility index (Phi) is 5.59. The van der Waals surface area contributed by atoms with Crippen LogP contribution in [0.25, 0.3) is 0 Å². The number of carboxylic acid groups (broad SMARTS) is 1. The average Bonchev–Trinajstić information content (AvgIpc) is 2.35. The number of aliphatic carboxylic acids is 1. The van der Waals surface area contributed by atoms with E-state index in [4.69, 9.17) is 9.84 Å². The predicted octanol–water partition coefficient (Wildman–Crippen LogP) is 2.27. The van der Waals surface area contributed by atoms with E-state index in [1.807, 2.05) is 6.92 Å². The molecule has 0 aliphatic rings. The van der Waals surface area contributed by atoms with Gasteiger partial charge in [-0.2, -0.15) is 0 Å². The minimum Gasteiger partial charge on any atom is -0.487 e. The molecule has 1 aromatic rings. The van der Waals surface area contributed by atoms with Gasteiger partial charge in [0.15, 0.2) is 5.75 Å². The Hall–Kier alpha value is -2.31. The summed E-state index contributed by atoms with van der Waals surface area (Å²) in [6.07, 6.45) is 0.718. The zero-order valence-electron chi connectivity index (χ0n) is 10.6. The number of nitrogens with zero attached hydrogens (tertiary/aromatic N) is 1. The van der Waals surface area contributed by atoms with Crippen molar-refractivity contribution in [2.24, 2.45) is 0 Å². The molecular weight excluding hydrogens is 252 g/mol. The highest BCUT2D eigenvalue weighted by Gasteiger charge is 2.15. The first kappa shape index (κ1) is 14.7. The van der Waals surface area contributed by atoms with Crippen LogP contribution in [0.3, 0.4) is 0 Å². The van der Waals surface area contributed by atoms with Gasteiger partial charge < -0.3 is 15.2 Å². The van der Waals surface area contributed by atoms with Crippen molar-refractivity contribution in [1.82, 2.24) is 0 Å². The summed E-state index contributed by atoms with van der Waals surface area (Å²) in [5.74, 6) is -0.718. The lowest BCUT2D eigenvalue weighted by Crippen LogP contribution is -2.08. The van der Waals surface area contributed by atoms with Crippen molar-refractivity contribution in [2.75, 3.05) is 18.5 Å². The van der Waals surface area contributed by atoms with Crippen LogP contribution in [0.5, 0.6) is 5.75 Å². The molecule has 104 valence electrons. The van der Waals surface area contributed by atoms with Crippen molar-refractivity contribution >= 4 is 17.3 Å². The van der Waals surface area contributed by atoms with Crippen LogP contribution in [-0.4, -0.2) is 29.2 Å². The first-order chi connectivity index (χ1) is 9.04. The van der Waals surface area contributed by atoms with E-state index < -0.39 is 10.9 Å². The number of rotatable bonds is 8. The summed E-state index contributed by atoms with van der Waals surface area (Å²) in [4.78, 5) is 20.7. The Balaban J connectivity index is 2.78. The molecule has 0 aromatic heterocycles. The topological polar surface area (TPSA) is 102 Å². The van der Waals surface area contributed by atoms with Gasteiger partial charge in [0.05, 0.1) is 18.0 Å². The fraction of sp³-hybridized carbons (Fsp3) is 0.417. The molecule has 7 nitrogen and oxygen atoms in total. The van der Waals surface area contributed by atoms with E-state index in [0.717, 1.165) is 6.42 Å². The molecule has 2 N–H and O–H groups in total. The molecule has 1 aromatic carbocycles. The Labute approximate surface area is 110 Å². The molecule has 7 heteroatoms. The summed E-state index contributed by atoms with van der Waals surface area (Å²) in [6, 6.07) is 4.38. The Bertz CT molecular complexity index is 461. The zero-order chi connectivity index (χ0) is 14.3. The van der Waals surface area contributed by atoms with E-state index in [-0.39, 0.29) is 24.4 Å². The maximum atomic E-state index is 10.8. The van der Waals surface area contributed by atoms with Crippen molar-refractivity contribution in [2.45, 2.75) is 19.8 Å². The van der Waals surface area contributed by atoms with Crippen molar-refractivity contribution in [3.05, 3.63) is 28.3 Å². The van der Waals surface area contributed by atoms with Crippen LogP contribution in [0.2, 0.25) is 0 Å². The van der Waals surface area contributed by atoms with Gasteiger partial charge in [0.2, 0.25) is 0 Å². The number of nitro groups is 1. The Morgan fingerprint density at radius 2 is 2.26 bits per heavy atom. The molecule has 0 heterocycles. The van der Waals surface area contributed by atoms with Crippen molar-refractivity contribution in [3.8, 4) is 5.75 Å². The molecule has 0 radical (unpaired) electrons. The minimum atomic E-state index is -0.906. The van der Waals surface area contributed by atoms with Crippen LogP contribution in [-0.2, 0) is 4.79 Å². The lowest BCUT2D eigenvalue weighted by molar-refractivity contribution is -0.385. The van der Waals surface area contributed by atoms with Crippen LogP contribution < -0.4 is 10.1 Å². The number of benzene rings is 1. The molecule has 0 bridgehead atoms. The first-order valence-corrected chi connectivity index (χ1v) is 5.91. The Morgan fingerprint density at radius 1 is 1.53 bits per heavy atom. The second-order valence-electron chi connectivity index (χ2n) is 3.86. The van der Waals surface area contributed by atoms with Gasteiger partial charge in [-0.25, -0.2) is 0 Å². The second-order valence-corrected chi connectivity index (χ2v) is 3.86. The van der Waals surface area contributed by atoms with E-state index in [1.54, 1.807) is 0 Å². The van der Waals surface area contributed by atoms with Crippen LogP contribution in [0, 0.1) is 10.1 Å². The van der Waals surface area contributed by atoms with Gasteiger partial charge in [0.1, 0.15) is 0 Å². The van der Waals surface area contributed by atoms with E-state index in [1.165, 1.54) is 18.2 Å². The highest BCUT2D eigenvalue weighted by atomic mass is 16.6. The number of anilines is 1. The molecule has 0 unspecified atom stereocenters. The Morgan fingerprint density at radius 3 is 2.84 bits per heavy atom. The highest BCUT2D eigenvalue weighted by Crippen LogP contribution is 2.30. The minimum absolute atomic E-state index is 0.0257. The average molecular weight is 268 g/mol. The summed E-state index contributed by atoms with van der Waals surface area (Å²) in [6.45, 7) is 2.54. The summed E-state index contributed by atoms with van der Waals surface area (Å²) in [5.41, 5.74) is 0.496. The van der Waals surface area contributed by atoms with Gasteiger partial charge in [0, 0.05) is 24.4 Å². The number of hydrogen-bond donors (Lipinski definition) is 2. The molecule has 0 saturated carbocycles. The van der Waals surface area contributed by atoms with Crippen LogP contribution in [0.1, 0.15) is 19.8 Å². The third-order valence-electron chi connectivity index (χ3n) is 2.29. The number of carboxylic acids is 1. The molecule has 0 aliphatic heterocycles. The highest BCUT2D eigenvalue weighted by molar-refractivity contribution is 5.67. The monoisotopic (exact) mass is 268 g/mol. The summed E-state index contributed by atoms with van der Waals surface area (Å²) in [5, 5.41) is 22.2. The van der Waals surface area contributed by atoms with E-state index >= 15 is 0 Å². The fourth-order valence-electron chi connectivity index (χ4n) is 1.42. The fourth-order valence-corrected chi connectivity index (χ4v) is 1.42. The van der Waals surface area contributed by atoms with Crippen LogP contribution >= 0.6 is 0 Å². The van der Waals surface area contributed by atoms with E-state index in [0.29, 0.717) is 12.3 Å². The maximum Gasteiger partial charge on any atom is 0.311 e. The number of ether oxygens (including phenoxy) is 1. The molecule has 19 heavy (non-hydrogen) atoms. The normalized spacial score (nSPS) is 9.95. The SMILES string of the molecule is CCCOc1cc(NCCC(=O)O)ccc1[N+](=O)[O-]. The molecule has 1 rings (SSSR count). The smallest absolute Gasteiger partial charge is 0.311 e. The number of nitro benzene ring substituents is 1. The molecule has 0 atom stereocenters. The molecular formula is C12H16N2O5. The van der Waals surface area contributed by atoms with Gasteiger partial charge in [-0.1, -0.05) is 6.92 Å². The first-order valence-electron chi connectivity index (χ1n) is 5.91. The summed E-state index contributed by atoms with van der Waals surface area (Å²) < 4.78 is 5.32. The van der Waals surface area contributed by atoms with Gasteiger partial charge in [0.25, 0.3) is 0 Å². The lowest BCUT2D eigenvalue weighted by atomic mass is 10.2. The molecule has 0 spiro atoms. The van der Waals surface area contributed by atoms with Gasteiger partial charge in [-0.3, -0.25) is 14.9 Å². The third-order valence-corrected chi connectivity index (χ3v) is 2.29. The van der Waals surface area contributed by atoms with Crippen molar-refractivity contribution in [3.63, 3.8) is 0 Å². The van der Waals surface area contributed by atoms with Gasteiger partial charge in [-0.05, 0) is 12.5 Å². The largest absolute Gasteiger partial charge is 0.487 e. The molecule has 0 amide bonds. The maximum absolute atomic E-state index is 10.8. The van der Waals surface area contributed by atoms with Crippen molar-refractivity contribution in [1.29, 1.82) is 0 Å². The molecule has 0 saturated heterocycles. The zero-order valence-corrected chi connectivity index (χ0v) is 10.6. The quantitative estimate of drug-likeness (QED) is 0.554.